The Labute approximate surface area is 157 Å². The summed E-state index contributed by atoms with van der Waals surface area (Å²) in [7, 11) is 0. The van der Waals surface area contributed by atoms with Gasteiger partial charge in [-0.15, -0.1) is 0 Å². The van der Waals surface area contributed by atoms with Crippen molar-refractivity contribution in [1.82, 2.24) is 19.9 Å². The maximum absolute atomic E-state index is 5.82. The molecule has 0 saturated heterocycles. The van der Waals surface area contributed by atoms with Gasteiger partial charge in [0.25, 0.3) is 0 Å². The van der Waals surface area contributed by atoms with Crippen LogP contribution in [-0.4, -0.2) is 26.5 Å². The van der Waals surface area contributed by atoms with Gasteiger partial charge in [0.2, 0.25) is 0 Å². The summed E-state index contributed by atoms with van der Waals surface area (Å²) >= 11 is 0. The number of hydrogen-bond acceptors (Lipinski definition) is 6. The third-order valence-electron chi connectivity index (χ3n) is 4.15. The first kappa shape index (κ1) is 16.9. The van der Waals surface area contributed by atoms with Crippen molar-refractivity contribution in [3.8, 4) is 5.75 Å². The molecular formula is C21H19N5O. The molecule has 0 aliphatic carbocycles. The molecule has 0 aliphatic heterocycles. The minimum atomic E-state index is 0.573. The normalized spacial score (nSPS) is 10.7. The molecule has 27 heavy (non-hydrogen) atoms. The Morgan fingerprint density at radius 3 is 2.44 bits per heavy atom. The second-order valence-electron chi connectivity index (χ2n) is 6.05. The Morgan fingerprint density at radius 2 is 1.59 bits per heavy atom. The Hall–Kier alpha value is -3.54. The number of nitrogens with one attached hydrogen (secondary N) is 1. The van der Waals surface area contributed by atoms with Gasteiger partial charge in [-0.1, -0.05) is 42.5 Å². The van der Waals surface area contributed by atoms with Gasteiger partial charge in [-0.2, -0.15) is 0 Å². The second kappa shape index (κ2) is 8.23. The fourth-order valence-electron chi connectivity index (χ4n) is 2.74. The minimum absolute atomic E-state index is 0.573. The van der Waals surface area contributed by atoms with Crippen molar-refractivity contribution < 1.29 is 4.74 Å². The molecule has 0 atom stereocenters. The first-order valence-electron chi connectivity index (χ1n) is 8.80. The number of fused-ring (bicyclic) bond motifs is 1. The van der Waals surface area contributed by atoms with Crippen molar-refractivity contribution in [2.24, 2.45) is 0 Å². The van der Waals surface area contributed by atoms with Crippen LogP contribution in [0.3, 0.4) is 0 Å². The quantitative estimate of drug-likeness (QED) is 0.544. The summed E-state index contributed by atoms with van der Waals surface area (Å²) in [4.78, 5) is 16.9. The van der Waals surface area contributed by atoms with Crippen LogP contribution in [0, 0.1) is 0 Å². The van der Waals surface area contributed by atoms with E-state index in [-0.39, 0.29) is 0 Å². The zero-order valence-corrected chi connectivity index (χ0v) is 14.7. The van der Waals surface area contributed by atoms with Gasteiger partial charge in [-0.3, -0.25) is 0 Å². The van der Waals surface area contributed by atoms with E-state index in [1.54, 1.807) is 12.4 Å². The number of hydrogen-bond donors (Lipinski definition) is 1. The molecule has 6 nitrogen and oxygen atoms in total. The first-order valence-corrected chi connectivity index (χ1v) is 8.80. The van der Waals surface area contributed by atoms with E-state index >= 15 is 0 Å². The summed E-state index contributed by atoms with van der Waals surface area (Å²) < 4.78 is 5.82. The third-order valence-corrected chi connectivity index (χ3v) is 4.15. The van der Waals surface area contributed by atoms with E-state index in [1.165, 1.54) is 11.9 Å². The monoisotopic (exact) mass is 357 g/mol. The van der Waals surface area contributed by atoms with Gasteiger partial charge in [0.1, 0.15) is 24.2 Å². The van der Waals surface area contributed by atoms with Crippen molar-refractivity contribution in [3.63, 3.8) is 0 Å². The van der Waals surface area contributed by atoms with E-state index in [9.17, 15) is 0 Å². The van der Waals surface area contributed by atoms with Crippen LogP contribution in [0.25, 0.3) is 11.2 Å². The Bertz CT molecular complexity index is 1000. The predicted molar refractivity (Wildman–Crippen MR) is 105 cm³/mol. The molecule has 0 aliphatic rings. The third kappa shape index (κ3) is 4.36. The van der Waals surface area contributed by atoms with Crippen molar-refractivity contribution in [2.45, 2.75) is 13.0 Å². The molecule has 0 spiro atoms. The molecule has 0 saturated carbocycles. The van der Waals surface area contributed by atoms with Gasteiger partial charge >= 0.3 is 0 Å². The topological polar surface area (TPSA) is 72.8 Å². The maximum Gasteiger partial charge on any atom is 0.183 e. The van der Waals surface area contributed by atoms with Crippen LogP contribution < -0.4 is 10.1 Å². The van der Waals surface area contributed by atoms with Crippen molar-refractivity contribution >= 4 is 17.0 Å². The number of benzene rings is 2. The number of aromatic nitrogens is 4. The van der Waals surface area contributed by atoms with Gasteiger partial charge in [0.15, 0.2) is 11.5 Å². The highest BCUT2D eigenvalue weighted by molar-refractivity contribution is 5.81. The standard InChI is InChI=1S/C21H19N5O/c1-2-4-17(5-3-1)14-27-18-8-6-16(7-9-18)10-11-23-20-19-21(26-15-25-20)24-13-12-22-19/h1-9,12-13,15H,10-11,14H2,(H,23,24,25,26). The summed E-state index contributed by atoms with van der Waals surface area (Å²) in [5.74, 6) is 1.57. The van der Waals surface area contributed by atoms with Gasteiger partial charge in [-0.25, -0.2) is 19.9 Å². The smallest absolute Gasteiger partial charge is 0.183 e. The van der Waals surface area contributed by atoms with Crippen LogP contribution in [-0.2, 0) is 13.0 Å². The average Bonchev–Trinajstić information content (AvgIpc) is 2.74. The fraction of sp³-hybridized carbons (Fsp3) is 0.143. The van der Waals surface area contributed by atoms with Crippen LogP contribution in [0.5, 0.6) is 5.75 Å². The SMILES string of the molecule is c1ccc(COc2ccc(CCNc3ncnc4nccnc34)cc2)cc1. The summed E-state index contributed by atoms with van der Waals surface area (Å²) in [5, 5.41) is 3.31. The van der Waals surface area contributed by atoms with Gasteiger partial charge in [-0.05, 0) is 29.7 Å². The Balaban J connectivity index is 1.31. The lowest BCUT2D eigenvalue weighted by Crippen LogP contribution is -2.08. The largest absolute Gasteiger partial charge is 0.489 e. The van der Waals surface area contributed by atoms with Crippen LogP contribution in [0.15, 0.2) is 73.3 Å². The molecule has 0 amide bonds. The zero-order chi connectivity index (χ0) is 18.3. The molecule has 2 heterocycles. The Kier molecular flexibility index (Phi) is 5.15. The maximum atomic E-state index is 5.82. The molecule has 0 fully saturated rings. The van der Waals surface area contributed by atoms with Crippen molar-refractivity contribution in [1.29, 1.82) is 0 Å². The van der Waals surface area contributed by atoms with E-state index < -0.39 is 0 Å². The van der Waals surface area contributed by atoms with Crippen LogP contribution in [0.1, 0.15) is 11.1 Å². The summed E-state index contributed by atoms with van der Waals surface area (Å²) in [6.45, 7) is 1.32. The van der Waals surface area contributed by atoms with Crippen LogP contribution >= 0.6 is 0 Å². The lowest BCUT2D eigenvalue weighted by Gasteiger charge is -2.09. The summed E-state index contributed by atoms with van der Waals surface area (Å²) in [6, 6.07) is 18.3. The second-order valence-corrected chi connectivity index (χ2v) is 6.05. The van der Waals surface area contributed by atoms with Gasteiger partial charge < -0.3 is 10.1 Å². The van der Waals surface area contributed by atoms with E-state index in [4.69, 9.17) is 4.74 Å². The highest BCUT2D eigenvalue weighted by Crippen LogP contribution is 2.16. The average molecular weight is 357 g/mol. The van der Waals surface area contributed by atoms with Crippen molar-refractivity contribution in [2.75, 3.05) is 11.9 Å². The molecule has 2 aromatic heterocycles. The number of anilines is 1. The number of ether oxygens (including phenoxy) is 1. The molecule has 4 rings (SSSR count). The van der Waals surface area contributed by atoms with E-state index in [0.717, 1.165) is 24.3 Å². The highest BCUT2D eigenvalue weighted by Gasteiger charge is 2.05. The molecule has 2 aromatic carbocycles. The lowest BCUT2D eigenvalue weighted by atomic mass is 10.1. The lowest BCUT2D eigenvalue weighted by molar-refractivity contribution is 0.306. The van der Waals surface area contributed by atoms with E-state index in [1.807, 2.05) is 30.3 Å². The first-order chi connectivity index (χ1) is 13.4. The molecule has 4 aromatic rings. The van der Waals surface area contributed by atoms with Gasteiger partial charge in [0, 0.05) is 18.9 Å². The van der Waals surface area contributed by atoms with Gasteiger partial charge in [0.05, 0.1) is 0 Å². The summed E-state index contributed by atoms with van der Waals surface area (Å²) in [6.07, 6.45) is 5.63. The van der Waals surface area contributed by atoms with Crippen LogP contribution in [0.4, 0.5) is 5.82 Å². The van der Waals surface area contributed by atoms with E-state index in [2.05, 4.69) is 49.5 Å². The fourth-order valence-corrected chi connectivity index (χ4v) is 2.74. The van der Waals surface area contributed by atoms with Crippen LogP contribution in [0.2, 0.25) is 0 Å². The number of rotatable bonds is 7. The number of nitrogens with zero attached hydrogens (tertiary/aromatic N) is 4. The predicted octanol–water partition coefficient (Wildman–Crippen LogP) is 3.65. The summed E-state index contributed by atoms with van der Waals surface area (Å²) in [5.41, 5.74) is 3.66. The minimum Gasteiger partial charge on any atom is -0.489 e. The Morgan fingerprint density at radius 1 is 0.778 bits per heavy atom. The highest BCUT2D eigenvalue weighted by atomic mass is 16.5. The molecule has 6 heteroatoms. The zero-order valence-electron chi connectivity index (χ0n) is 14.7. The molecule has 1 N–H and O–H groups in total. The molecule has 0 bridgehead atoms. The van der Waals surface area contributed by atoms with E-state index in [0.29, 0.717) is 23.6 Å². The molecule has 0 unspecified atom stereocenters. The van der Waals surface area contributed by atoms with Crippen molar-refractivity contribution in [3.05, 3.63) is 84.4 Å². The molecule has 134 valence electrons. The molecule has 0 radical (unpaired) electrons. The molecular weight excluding hydrogens is 338 g/mol.